The quantitative estimate of drug-likeness (QED) is 0.354. The van der Waals surface area contributed by atoms with Crippen molar-refractivity contribution in [1.29, 1.82) is 0 Å². The number of nitrogens with zero attached hydrogens (tertiary/aromatic N) is 3. The molecule has 3 saturated heterocycles. The van der Waals surface area contributed by atoms with Crippen LogP contribution in [0.2, 0.25) is 0 Å². The maximum Gasteiger partial charge on any atom is 0.247 e. The maximum absolute atomic E-state index is 14.5. The summed E-state index contributed by atoms with van der Waals surface area (Å²) in [6.07, 6.45) is 5.26. The monoisotopic (exact) mass is 587 g/mol. The van der Waals surface area contributed by atoms with Crippen molar-refractivity contribution in [3.8, 4) is 0 Å². The minimum atomic E-state index is -0.711. The van der Waals surface area contributed by atoms with Crippen LogP contribution in [0.15, 0.2) is 86.0 Å². The Bertz CT molecular complexity index is 1320. The van der Waals surface area contributed by atoms with Crippen molar-refractivity contribution in [3.63, 3.8) is 0 Å². The lowest BCUT2D eigenvalue weighted by atomic mass is 9.66. The molecule has 3 aliphatic heterocycles. The molecule has 0 aliphatic carbocycles. The van der Waals surface area contributed by atoms with Gasteiger partial charge in [0.05, 0.1) is 16.6 Å². The number of amides is 3. The first-order valence-electron chi connectivity index (χ1n) is 14.8. The molecule has 222 valence electrons. The highest BCUT2D eigenvalue weighted by Gasteiger charge is 2.77. The SMILES string of the molecule is C=CCN(Cc1ccccc1)C(=O)C1N(CCCO)C(=O)[C@@H]2[C@H](C(=O)N(CC=C)Cc3ccccc3)[C@]3(C)CCC12S3. The normalized spacial score (nSPS) is 27.5. The Hall–Kier alpha value is -3.36. The average molecular weight is 588 g/mol. The lowest BCUT2D eigenvalue weighted by Crippen LogP contribution is -2.55. The van der Waals surface area contributed by atoms with Crippen molar-refractivity contribution in [1.82, 2.24) is 14.7 Å². The molecule has 1 spiro atoms. The number of aliphatic hydroxyl groups is 1. The van der Waals surface area contributed by atoms with Gasteiger partial charge in [0, 0.05) is 44.1 Å². The fourth-order valence-corrected chi connectivity index (χ4v) is 9.66. The van der Waals surface area contributed by atoms with Gasteiger partial charge in [0.25, 0.3) is 0 Å². The number of aliphatic hydroxyl groups excluding tert-OH is 1. The molecule has 7 nitrogen and oxygen atoms in total. The number of benzene rings is 2. The molecule has 1 N–H and O–H groups in total. The number of hydrogen-bond acceptors (Lipinski definition) is 5. The van der Waals surface area contributed by atoms with Gasteiger partial charge >= 0.3 is 0 Å². The van der Waals surface area contributed by atoms with Crippen LogP contribution in [-0.2, 0) is 27.5 Å². The molecule has 0 saturated carbocycles. The first-order chi connectivity index (χ1) is 20.3. The zero-order valence-corrected chi connectivity index (χ0v) is 25.2. The van der Waals surface area contributed by atoms with E-state index in [1.165, 1.54) is 0 Å². The Kier molecular flexibility index (Phi) is 8.94. The number of rotatable bonds is 13. The second-order valence-electron chi connectivity index (χ2n) is 11.8. The Balaban J connectivity index is 1.51. The van der Waals surface area contributed by atoms with Crippen LogP contribution in [0.5, 0.6) is 0 Å². The first kappa shape index (κ1) is 30.1. The van der Waals surface area contributed by atoms with E-state index in [9.17, 15) is 19.5 Å². The molecule has 2 aromatic rings. The van der Waals surface area contributed by atoms with Gasteiger partial charge in [-0.1, -0.05) is 72.8 Å². The predicted octanol–water partition coefficient (Wildman–Crippen LogP) is 4.28. The van der Waals surface area contributed by atoms with Gasteiger partial charge in [0.2, 0.25) is 17.7 Å². The highest BCUT2D eigenvalue weighted by molar-refractivity contribution is 8.02. The van der Waals surface area contributed by atoms with Crippen LogP contribution in [-0.4, -0.2) is 79.3 Å². The summed E-state index contributed by atoms with van der Waals surface area (Å²) in [6.45, 7) is 11.6. The van der Waals surface area contributed by atoms with Crippen molar-refractivity contribution in [2.75, 3.05) is 26.2 Å². The molecule has 42 heavy (non-hydrogen) atoms. The van der Waals surface area contributed by atoms with Crippen molar-refractivity contribution in [3.05, 3.63) is 97.1 Å². The van der Waals surface area contributed by atoms with Crippen molar-refractivity contribution < 1.29 is 19.5 Å². The summed E-state index contributed by atoms with van der Waals surface area (Å²) in [4.78, 5) is 48.6. The number of carbonyl (C=O) groups excluding carboxylic acids is 3. The maximum atomic E-state index is 14.5. The van der Waals surface area contributed by atoms with Crippen LogP contribution in [0.1, 0.15) is 37.3 Å². The van der Waals surface area contributed by atoms with Crippen molar-refractivity contribution in [2.45, 2.75) is 54.8 Å². The number of thioether (sulfide) groups is 1. The van der Waals surface area contributed by atoms with Crippen molar-refractivity contribution in [2.24, 2.45) is 11.8 Å². The Morgan fingerprint density at radius 1 is 0.952 bits per heavy atom. The second-order valence-corrected chi connectivity index (χ2v) is 13.7. The van der Waals surface area contributed by atoms with E-state index in [2.05, 4.69) is 20.1 Å². The zero-order valence-electron chi connectivity index (χ0n) is 24.4. The standard InChI is InChI=1S/C34H41N3O4S/c1-4-19-35(23-25-13-8-6-9-14-25)30(39)27-28-31(40)37(21-12-22-38)29(34(28)18-17-33(27,3)42-34)32(41)36(20-5-2)24-26-15-10-7-11-16-26/h4-11,13-16,27-29,38H,1-2,12,17-24H2,3H3/t27-,28+,29?,33+,34?/m1/s1. The van der Waals surface area contributed by atoms with Crippen LogP contribution < -0.4 is 0 Å². The van der Waals surface area contributed by atoms with Crippen LogP contribution in [0.4, 0.5) is 0 Å². The number of likely N-dealkylation sites (tertiary alicyclic amines) is 1. The summed E-state index contributed by atoms with van der Waals surface area (Å²) in [7, 11) is 0. The second kappa shape index (κ2) is 12.5. The molecule has 5 rings (SSSR count). The molecule has 2 unspecified atom stereocenters. The van der Waals surface area contributed by atoms with Crippen LogP contribution in [0.25, 0.3) is 0 Å². The van der Waals surface area contributed by atoms with Gasteiger partial charge in [0.1, 0.15) is 6.04 Å². The van der Waals surface area contributed by atoms with Gasteiger partial charge in [-0.25, -0.2) is 0 Å². The molecule has 8 heteroatoms. The summed E-state index contributed by atoms with van der Waals surface area (Å²) in [5, 5.41) is 9.69. The topological polar surface area (TPSA) is 81.2 Å². The summed E-state index contributed by atoms with van der Waals surface area (Å²) in [6, 6.07) is 18.9. The van der Waals surface area contributed by atoms with Gasteiger partial charge < -0.3 is 19.8 Å². The van der Waals surface area contributed by atoms with E-state index in [-0.39, 0.29) is 30.9 Å². The van der Waals surface area contributed by atoms with Crippen LogP contribution >= 0.6 is 11.8 Å². The molecule has 3 amide bonds. The summed E-state index contributed by atoms with van der Waals surface area (Å²) >= 11 is 1.68. The van der Waals surface area contributed by atoms with Crippen molar-refractivity contribution >= 4 is 29.5 Å². The highest BCUT2D eigenvalue weighted by atomic mass is 32.2. The smallest absolute Gasteiger partial charge is 0.247 e. The number of hydrogen-bond donors (Lipinski definition) is 1. The van der Waals surface area contributed by atoms with Gasteiger partial charge in [0.15, 0.2) is 0 Å². The lowest BCUT2D eigenvalue weighted by Gasteiger charge is -2.38. The third kappa shape index (κ3) is 5.31. The molecular weight excluding hydrogens is 546 g/mol. The fourth-order valence-electron chi connectivity index (χ4n) is 7.32. The summed E-state index contributed by atoms with van der Waals surface area (Å²) < 4.78 is -1.17. The molecule has 0 radical (unpaired) electrons. The molecule has 2 aromatic carbocycles. The van der Waals surface area contributed by atoms with E-state index in [1.807, 2.05) is 60.7 Å². The molecule has 3 aliphatic rings. The van der Waals surface area contributed by atoms with Gasteiger partial charge in [-0.05, 0) is 37.3 Å². The van der Waals surface area contributed by atoms with Gasteiger partial charge in [-0.3, -0.25) is 14.4 Å². The molecule has 3 fully saturated rings. The van der Waals surface area contributed by atoms with Gasteiger partial charge in [-0.2, -0.15) is 0 Å². The van der Waals surface area contributed by atoms with E-state index in [0.717, 1.165) is 17.5 Å². The fraction of sp³-hybridized carbons (Fsp3) is 0.441. The zero-order chi connectivity index (χ0) is 29.9. The number of carbonyl (C=O) groups is 3. The molecule has 5 atom stereocenters. The molecule has 3 heterocycles. The van der Waals surface area contributed by atoms with E-state index in [0.29, 0.717) is 39.0 Å². The third-order valence-corrected chi connectivity index (χ3v) is 11.1. The van der Waals surface area contributed by atoms with E-state index in [1.54, 1.807) is 38.6 Å². The summed E-state index contributed by atoms with van der Waals surface area (Å²) in [5.41, 5.74) is 2.01. The largest absolute Gasteiger partial charge is 0.396 e. The minimum Gasteiger partial charge on any atom is -0.396 e. The minimum absolute atomic E-state index is 0.0591. The van der Waals surface area contributed by atoms with E-state index in [4.69, 9.17) is 0 Å². The van der Waals surface area contributed by atoms with Gasteiger partial charge in [-0.15, -0.1) is 24.9 Å². The Labute approximate surface area is 253 Å². The van der Waals surface area contributed by atoms with E-state index >= 15 is 0 Å². The Morgan fingerprint density at radius 2 is 1.50 bits per heavy atom. The molecule has 0 aromatic heterocycles. The predicted molar refractivity (Wildman–Crippen MR) is 166 cm³/mol. The highest BCUT2D eigenvalue weighted by Crippen LogP contribution is 2.71. The van der Waals surface area contributed by atoms with Crippen LogP contribution in [0, 0.1) is 11.8 Å². The number of fused-ring (bicyclic) bond motifs is 1. The van der Waals surface area contributed by atoms with E-state index < -0.39 is 27.4 Å². The average Bonchev–Trinajstić information content (AvgIpc) is 3.56. The van der Waals surface area contributed by atoms with Crippen LogP contribution in [0.3, 0.4) is 0 Å². The molecule has 2 bridgehead atoms. The Morgan fingerprint density at radius 3 is 2.02 bits per heavy atom. The lowest BCUT2D eigenvalue weighted by molar-refractivity contribution is -0.146. The summed E-state index contributed by atoms with van der Waals surface area (Å²) in [5.74, 6) is -1.48. The first-order valence-corrected chi connectivity index (χ1v) is 15.6. The third-order valence-electron chi connectivity index (χ3n) is 9.09. The molecular formula is C34H41N3O4S.